The van der Waals surface area contributed by atoms with E-state index in [4.69, 9.17) is 0 Å². The van der Waals surface area contributed by atoms with Crippen LogP contribution in [-0.4, -0.2) is 26.4 Å². The maximum absolute atomic E-state index is 14.2. The first-order chi connectivity index (χ1) is 10.4. The molecule has 0 aliphatic heterocycles. The molecule has 2 rings (SSSR count). The van der Waals surface area contributed by atoms with Gasteiger partial charge in [0.05, 0.1) is 11.9 Å². The van der Waals surface area contributed by atoms with Crippen LogP contribution in [0.3, 0.4) is 0 Å². The second kappa shape index (κ2) is 5.84. The highest BCUT2D eigenvalue weighted by atomic mass is 32.2. The van der Waals surface area contributed by atoms with E-state index in [1.165, 1.54) is 4.68 Å². The van der Waals surface area contributed by atoms with Crippen LogP contribution in [0.15, 0.2) is 41.6 Å². The maximum atomic E-state index is 14.2. The van der Waals surface area contributed by atoms with E-state index in [0.29, 0.717) is 5.69 Å². The molecular formula is C15H22FN3O2SSi. The van der Waals surface area contributed by atoms with Gasteiger partial charge in [-0.1, -0.05) is 52.1 Å². The van der Waals surface area contributed by atoms with Gasteiger partial charge >= 0.3 is 0 Å². The van der Waals surface area contributed by atoms with Gasteiger partial charge in [-0.3, -0.25) is 0 Å². The zero-order valence-electron chi connectivity index (χ0n) is 14.0. The fourth-order valence-electron chi connectivity index (χ4n) is 1.77. The Morgan fingerprint density at radius 3 is 2.26 bits per heavy atom. The van der Waals surface area contributed by atoms with Crippen LogP contribution < -0.4 is 4.39 Å². The van der Waals surface area contributed by atoms with Crippen molar-refractivity contribution in [3.8, 4) is 5.69 Å². The number of hydrogen-bond donors (Lipinski definition) is 1. The summed E-state index contributed by atoms with van der Waals surface area (Å²) in [6.45, 7) is 9.72. The third-order valence-electron chi connectivity index (χ3n) is 4.18. The van der Waals surface area contributed by atoms with E-state index in [1.54, 1.807) is 24.3 Å². The van der Waals surface area contributed by atoms with Gasteiger partial charge in [-0.2, -0.15) is 5.10 Å². The lowest BCUT2D eigenvalue weighted by Crippen LogP contribution is -2.54. The van der Waals surface area contributed by atoms with Gasteiger partial charge in [0.2, 0.25) is 5.03 Å². The van der Waals surface area contributed by atoms with Gasteiger partial charge in [0.25, 0.3) is 10.0 Å². The summed E-state index contributed by atoms with van der Waals surface area (Å²) in [5, 5.41) is 3.16. The summed E-state index contributed by atoms with van der Waals surface area (Å²) in [7, 11) is -6.38. The Kier molecular flexibility index (Phi) is 4.53. The Balaban J connectivity index is 2.40. The third-order valence-corrected chi connectivity index (χ3v) is 11.8. The van der Waals surface area contributed by atoms with E-state index in [9.17, 15) is 12.8 Å². The molecule has 1 aromatic carbocycles. The normalized spacial score (nSPS) is 13.3. The van der Waals surface area contributed by atoms with Gasteiger partial charge in [0.1, 0.15) is 8.24 Å². The lowest BCUT2D eigenvalue weighted by molar-refractivity contribution is 0.557. The van der Waals surface area contributed by atoms with Gasteiger partial charge < -0.3 is 0 Å². The summed E-state index contributed by atoms with van der Waals surface area (Å²) in [6, 6.07) is 8.82. The molecule has 0 saturated heterocycles. The predicted molar refractivity (Wildman–Crippen MR) is 91.0 cm³/mol. The Bertz CT molecular complexity index is 796. The number of hydrogen-bond acceptors (Lipinski definition) is 3. The molecule has 0 amide bonds. The SMILES string of the molecule is CC(C)(C)[Si](C)(C)NS(=O)(=O)c1nn(-c2ccccc2)cc1F. The van der Waals surface area contributed by atoms with E-state index >= 15 is 0 Å². The number of benzene rings is 1. The van der Waals surface area contributed by atoms with Crippen molar-refractivity contribution in [3.63, 3.8) is 0 Å². The van der Waals surface area contributed by atoms with Gasteiger partial charge in [0, 0.05) is 0 Å². The molecule has 0 fully saturated rings. The Labute approximate surface area is 137 Å². The van der Waals surface area contributed by atoms with Crippen molar-refractivity contribution in [1.29, 1.82) is 0 Å². The van der Waals surface area contributed by atoms with E-state index in [1.807, 2.05) is 39.9 Å². The molecule has 5 nitrogen and oxygen atoms in total. The van der Waals surface area contributed by atoms with Crippen LogP contribution in [0.2, 0.25) is 18.1 Å². The Morgan fingerprint density at radius 2 is 1.74 bits per heavy atom. The molecule has 0 saturated carbocycles. The third kappa shape index (κ3) is 3.70. The average molecular weight is 356 g/mol. The minimum atomic E-state index is -4.01. The Morgan fingerprint density at radius 1 is 1.17 bits per heavy atom. The molecule has 0 aliphatic rings. The van der Waals surface area contributed by atoms with Crippen molar-refractivity contribution in [3.05, 3.63) is 42.3 Å². The smallest absolute Gasteiger partial charge is 0.237 e. The van der Waals surface area contributed by atoms with Crippen molar-refractivity contribution < 1.29 is 12.8 Å². The predicted octanol–water partition coefficient (Wildman–Crippen LogP) is 3.29. The molecule has 2 aromatic rings. The van der Waals surface area contributed by atoms with Crippen LogP contribution in [-0.2, 0) is 10.0 Å². The highest BCUT2D eigenvalue weighted by molar-refractivity contribution is 7.90. The number of rotatable bonds is 4. The van der Waals surface area contributed by atoms with E-state index < -0.39 is 29.1 Å². The van der Waals surface area contributed by atoms with E-state index in [2.05, 4.69) is 9.49 Å². The first-order valence-electron chi connectivity index (χ1n) is 7.29. The molecule has 1 heterocycles. The second-order valence-electron chi connectivity index (χ2n) is 7.04. The van der Waals surface area contributed by atoms with Crippen molar-refractivity contribution in [1.82, 2.24) is 14.2 Å². The van der Waals surface area contributed by atoms with E-state index in [-0.39, 0.29) is 5.04 Å². The van der Waals surface area contributed by atoms with Crippen molar-refractivity contribution in [2.24, 2.45) is 0 Å². The molecular weight excluding hydrogens is 333 g/mol. The van der Waals surface area contributed by atoms with Gasteiger partial charge in [-0.05, 0) is 17.2 Å². The first kappa shape index (κ1) is 17.8. The average Bonchev–Trinajstić information content (AvgIpc) is 2.80. The molecule has 23 heavy (non-hydrogen) atoms. The van der Waals surface area contributed by atoms with Crippen molar-refractivity contribution in [2.75, 3.05) is 0 Å². The molecule has 8 heteroatoms. The monoisotopic (exact) mass is 355 g/mol. The minimum Gasteiger partial charge on any atom is -0.237 e. The molecule has 0 atom stereocenters. The number of para-hydroxylation sites is 1. The van der Waals surface area contributed by atoms with Crippen LogP contribution in [0.5, 0.6) is 0 Å². The molecule has 1 aromatic heterocycles. The number of nitrogens with one attached hydrogen (secondary N) is 1. The number of sulfonamides is 1. The number of aromatic nitrogens is 2. The van der Waals surface area contributed by atoms with Gasteiger partial charge in [-0.15, -0.1) is 0 Å². The summed E-state index contributed by atoms with van der Waals surface area (Å²) >= 11 is 0. The number of halogens is 1. The zero-order valence-corrected chi connectivity index (χ0v) is 15.8. The van der Waals surface area contributed by atoms with Crippen LogP contribution in [0, 0.1) is 5.82 Å². The molecule has 0 aliphatic carbocycles. The lowest BCUT2D eigenvalue weighted by atomic mass is 10.2. The van der Waals surface area contributed by atoms with Crippen LogP contribution in [0.25, 0.3) is 5.69 Å². The lowest BCUT2D eigenvalue weighted by Gasteiger charge is -2.36. The molecule has 126 valence electrons. The topological polar surface area (TPSA) is 64.0 Å². The summed E-state index contributed by atoms with van der Waals surface area (Å²) in [6.07, 6.45) is 1.08. The fourth-order valence-corrected chi connectivity index (χ4v) is 6.57. The van der Waals surface area contributed by atoms with Gasteiger partial charge in [0.15, 0.2) is 5.82 Å². The summed E-state index contributed by atoms with van der Waals surface area (Å²) < 4.78 is 43.2. The standard InChI is InChI=1S/C15H22FN3O2SSi/c1-15(2,3)23(4,5)18-22(20,21)14-13(16)11-19(17-14)12-9-7-6-8-10-12/h6-11,18H,1-5H3. The Hall–Kier alpha value is -1.51. The van der Waals surface area contributed by atoms with Crippen LogP contribution in [0.1, 0.15) is 20.8 Å². The second-order valence-corrected chi connectivity index (χ2v) is 14.0. The molecule has 1 N–H and O–H groups in total. The summed E-state index contributed by atoms with van der Waals surface area (Å²) in [5.74, 6) is -0.861. The molecule has 0 radical (unpaired) electrons. The minimum absolute atomic E-state index is 0.210. The largest absolute Gasteiger partial charge is 0.256 e. The van der Waals surface area contributed by atoms with Crippen LogP contribution in [0.4, 0.5) is 4.39 Å². The molecule has 0 spiro atoms. The zero-order chi connectivity index (χ0) is 17.5. The van der Waals surface area contributed by atoms with Crippen molar-refractivity contribution >= 4 is 18.3 Å². The number of nitrogens with zero attached hydrogens (tertiary/aromatic N) is 2. The highest BCUT2D eigenvalue weighted by Gasteiger charge is 2.41. The quantitative estimate of drug-likeness (QED) is 0.856. The maximum Gasteiger partial charge on any atom is 0.256 e. The van der Waals surface area contributed by atoms with Gasteiger partial charge in [-0.25, -0.2) is 21.9 Å². The van der Waals surface area contributed by atoms with Crippen LogP contribution >= 0.6 is 0 Å². The fraction of sp³-hybridized carbons (Fsp3) is 0.400. The van der Waals surface area contributed by atoms with E-state index in [0.717, 1.165) is 6.20 Å². The highest BCUT2D eigenvalue weighted by Crippen LogP contribution is 2.34. The molecule has 0 bridgehead atoms. The van der Waals surface area contributed by atoms with Crippen molar-refractivity contribution in [2.45, 2.75) is 43.9 Å². The first-order valence-corrected chi connectivity index (χ1v) is 11.8. The summed E-state index contributed by atoms with van der Waals surface area (Å²) in [4.78, 5) is 0. The summed E-state index contributed by atoms with van der Waals surface area (Å²) in [5.41, 5.74) is 0.597. The molecule has 0 unspecified atom stereocenters.